The maximum absolute atomic E-state index is 12.0. The standard InChI is InChI=1S/C19H23N3O5/c1-3-26-15-8-4-13(5-9-15)18(25)21-10-17(24)27-11-16(23)22-19(2,12-20)14-6-7-14/h4-5,8-9,14H,3,6-7,10-11H2,1-2H3,(H,21,25)(H,22,23)/t19-/m0/s1. The van der Waals surface area contributed by atoms with Crippen LogP contribution in [0.1, 0.15) is 37.0 Å². The number of carbonyl (C=O) groups is 3. The van der Waals surface area contributed by atoms with E-state index in [0.717, 1.165) is 12.8 Å². The van der Waals surface area contributed by atoms with Gasteiger partial charge < -0.3 is 20.1 Å². The number of amides is 2. The summed E-state index contributed by atoms with van der Waals surface area (Å²) >= 11 is 0. The van der Waals surface area contributed by atoms with Crippen LogP contribution in [0.4, 0.5) is 0 Å². The average Bonchev–Trinajstić information content (AvgIpc) is 3.51. The summed E-state index contributed by atoms with van der Waals surface area (Å²) in [5.74, 6) is -0.942. The molecule has 0 aromatic heterocycles. The molecule has 0 bridgehead atoms. The highest BCUT2D eigenvalue weighted by Crippen LogP contribution is 2.39. The second-order valence-electron chi connectivity index (χ2n) is 6.44. The molecular weight excluding hydrogens is 350 g/mol. The molecule has 0 saturated heterocycles. The van der Waals surface area contributed by atoms with Crippen LogP contribution in [-0.2, 0) is 14.3 Å². The second kappa shape index (κ2) is 9.03. The van der Waals surface area contributed by atoms with Crippen LogP contribution in [0.25, 0.3) is 0 Å². The van der Waals surface area contributed by atoms with E-state index in [1.165, 1.54) is 0 Å². The van der Waals surface area contributed by atoms with Gasteiger partial charge in [-0.1, -0.05) is 0 Å². The van der Waals surface area contributed by atoms with Crippen molar-refractivity contribution in [2.45, 2.75) is 32.2 Å². The lowest BCUT2D eigenvalue weighted by Crippen LogP contribution is -2.48. The van der Waals surface area contributed by atoms with Crippen LogP contribution < -0.4 is 15.4 Å². The molecule has 1 aliphatic carbocycles. The summed E-state index contributed by atoms with van der Waals surface area (Å²) in [5.41, 5.74) is -0.566. The van der Waals surface area contributed by atoms with Gasteiger partial charge in [-0.2, -0.15) is 5.26 Å². The molecule has 0 aliphatic heterocycles. The van der Waals surface area contributed by atoms with E-state index in [0.29, 0.717) is 17.9 Å². The van der Waals surface area contributed by atoms with E-state index in [2.05, 4.69) is 16.7 Å². The summed E-state index contributed by atoms with van der Waals surface area (Å²) < 4.78 is 10.1. The number of nitrogens with one attached hydrogen (secondary N) is 2. The number of hydrogen-bond donors (Lipinski definition) is 2. The van der Waals surface area contributed by atoms with Crippen LogP contribution in [0, 0.1) is 17.2 Å². The van der Waals surface area contributed by atoms with E-state index < -0.39 is 29.9 Å². The number of nitriles is 1. The number of hydrogen-bond acceptors (Lipinski definition) is 6. The molecule has 1 saturated carbocycles. The lowest BCUT2D eigenvalue weighted by atomic mass is 9.98. The van der Waals surface area contributed by atoms with Crippen molar-refractivity contribution in [3.05, 3.63) is 29.8 Å². The molecule has 1 aliphatic rings. The zero-order valence-corrected chi connectivity index (χ0v) is 15.4. The van der Waals surface area contributed by atoms with Crippen molar-refractivity contribution in [2.75, 3.05) is 19.8 Å². The molecule has 1 atom stereocenters. The Kier molecular flexibility index (Phi) is 6.77. The van der Waals surface area contributed by atoms with Gasteiger partial charge in [0, 0.05) is 5.56 Å². The Bertz CT molecular complexity index is 737. The van der Waals surface area contributed by atoms with E-state index in [-0.39, 0.29) is 12.5 Å². The first kappa shape index (κ1) is 20.2. The highest BCUT2D eigenvalue weighted by atomic mass is 16.5. The third-order valence-electron chi connectivity index (χ3n) is 4.21. The normalized spacial score (nSPS) is 15.0. The maximum Gasteiger partial charge on any atom is 0.325 e. The summed E-state index contributed by atoms with van der Waals surface area (Å²) in [6.07, 6.45) is 1.78. The molecule has 8 nitrogen and oxygen atoms in total. The van der Waals surface area contributed by atoms with Crippen LogP contribution >= 0.6 is 0 Å². The third-order valence-corrected chi connectivity index (χ3v) is 4.21. The Hall–Kier alpha value is -3.08. The first-order valence-corrected chi connectivity index (χ1v) is 8.77. The Balaban J connectivity index is 1.71. The molecule has 0 spiro atoms. The molecule has 0 heterocycles. The number of nitrogens with zero attached hydrogens (tertiary/aromatic N) is 1. The first-order valence-electron chi connectivity index (χ1n) is 8.77. The van der Waals surface area contributed by atoms with E-state index in [9.17, 15) is 19.6 Å². The van der Waals surface area contributed by atoms with Crippen molar-refractivity contribution in [1.29, 1.82) is 5.26 Å². The molecule has 0 unspecified atom stereocenters. The number of carbonyl (C=O) groups excluding carboxylic acids is 3. The van der Waals surface area contributed by atoms with Crippen molar-refractivity contribution in [1.82, 2.24) is 10.6 Å². The van der Waals surface area contributed by atoms with Gasteiger partial charge >= 0.3 is 5.97 Å². The van der Waals surface area contributed by atoms with Crippen LogP contribution in [0.3, 0.4) is 0 Å². The molecule has 0 radical (unpaired) electrons. The number of rotatable bonds is 9. The van der Waals surface area contributed by atoms with Crippen LogP contribution in [0.15, 0.2) is 24.3 Å². The van der Waals surface area contributed by atoms with Gasteiger partial charge in [0.25, 0.3) is 11.8 Å². The lowest BCUT2D eigenvalue weighted by Gasteiger charge is -2.22. The number of esters is 1. The molecular formula is C19H23N3O5. The minimum absolute atomic E-state index is 0.135. The van der Waals surface area contributed by atoms with Crippen LogP contribution in [0.2, 0.25) is 0 Å². The summed E-state index contributed by atoms with van der Waals surface area (Å²) in [7, 11) is 0. The van der Waals surface area contributed by atoms with E-state index in [1.54, 1.807) is 31.2 Å². The molecule has 2 rings (SSSR count). The number of benzene rings is 1. The van der Waals surface area contributed by atoms with E-state index in [1.807, 2.05) is 6.92 Å². The van der Waals surface area contributed by atoms with Crippen LogP contribution in [-0.4, -0.2) is 43.1 Å². The zero-order chi connectivity index (χ0) is 19.9. The second-order valence-corrected chi connectivity index (χ2v) is 6.44. The molecule has 27 heavy (non-hydrogen) atoms. The monoisotopic (exact) mass is 373 g/mol. The van der Waals surface area contributed by atoms with Crippen molar-refractivity contribution in [2.24, 2.45) is 5.92 Å². The molecule has 144 valence electrons. The van der Waals surface area contributed by atoms with Gasteiger partial charge in [-0.3, -0.25) is 14.4 Å². The minimum atomic E-state index is -0.939. The fraction of sp³-hybridized carbons (Fsp3) is 0.474. The summed E-state index contributed by atoms with van der Waals surface area (Å²) in [6, 6.07) is 8.58. The Morgan fingerprint density at radius 3 is 2.48 bits per heavy atom. The van der Waals surface area contributed by atoms with Gasteiger partial charge in [0.15, 0.2) is 6.61 Å². The molecule has 1 aromatic carbocycles. The Labute approximate surface area is 157 Å². The fourth-order valence-corrected chi connectivity index (χ4v) is 2.53. The van der Waals surface area contributed by atoms with Crippen LogP contribution in [0.5, 0.6) is 5.75 Å². The maximum atomic E-state index is 12.0. The van der Waals surface area contributed by atoms with Crippen molar-refractivity contribution in [3.63, 3.8) is 0 Å². The summed E-state index contributed by atoms with van der Waals surface area (Å²) in [6.45, 7) is 3.18. The predicted octanol–water partition coefficient (Wildman–Crippen LogP) is 1.17. The Morgan fingerprint density at radius 1 is 1.26 bits per heavy atom. The highest BCUT2D eigenvalue weighted by molar-refractivity contribution is 5.96. The average molecular weight is 373 g/mol. The predicted molar refractivity (Wildman–Crippen MR) is 95.8 cm³/mol. The van der Waals surface area contributed by atoms with Gasteiger partial charge in [0.2, 0.25) is 0 Å². The topological polar surface area (TPSA) is 118 Å². The zero-order valence-electron chi connectivity index (χ0n) is 15.4. The van der Waals surface area contributed by atoms with E-state index in [4.69, 9.17) is 9.47 Å². The molecule has 8 heteroatoms. The SMILES string of the molecule is CCOc1ccc(C(=O)NCC(=O)OCC(=O)N[C@@](C)(C#N)C2CC2)cc1. The fourth-order valence-electron chi connectivity index (χ4n) is 2.53. The summed E-state index contributed by atoms with van der Waals surface area (Å²) in [4.78, 5) is 35.6. The molecule has 1 fully saturated rings. The van der Waals surface area contributed by atoms with Crippen molar-refractivity contribution >= 4 is 17.8 Å². The van der Waals surface area contributed by atoms with Gasteiger partial charge in [0.1, 0.15) is 17.8 Å². The highest BCUT2D eigenvalue weighted by Gasteiger charge is 2.43. The smallest absolute Gasteiger partial charge is 0.325 e. The van der Waals surface area contributed by atoms with Gasteiger partial charge in [-0.15, -0.1) is 0 Å². The van der Waals surface area contributed by atoms with Gasteiger partial charge in [-0.25, -0.2) is 0 Å². The van der Waals surface area contributed by atoms with Gasteiger partial charge in [0.05, 0.1) is 12.7 Å². The largest absolute Gasteiger partial charge is 0.494 e. The molecule has 1 aromatic rings. The van der Waals surface area contributed by atoms with Crippen molar-refractivity contribution in [3.8, 4) is 11.8 Å². The van der Waals surface area contributed by atoms with Gasteiger partial charge in [-0.05, 0) is 56.9 Å². The minimum Gasteiger partial charge on any atom is -0.494 e. The first-order chi connectivity index (χ1) is 12.9. The molecule has 2 amide bonds. The van der Waals surface area contributed by atoms with Crippen molar-refractivity contribution < 1.29 is 23.9 Å². The lowest BCUT2D eigenvalue weighted by molar-refractivity contribution is -0.147. The summed E-state index contributed by atoms with van der Waals surface area (Å²) in [5, 5.41) is 14.2. The number of ether oxygens (including phenoxy) is 2. The molecule has 2 N–H and O–H groups in total. The third kappa shape index (κ3) is 5.99. The quantitative estimate of drug-likeness (QED) is 0.628. The van der Waals surface area contributed by atoms with E-state index >= 15 is 0 Å². The Morgan fingerprint density at radius 2 is 1.93 bits per heavy atom.